The molecule has 0 saturated heterocycles. The quantitative estimate of drug-likeness (QED) is 0.475. The third-order valence-corrected chi connectivity index (χ3v) is 5.15. The molecule has 2 aliphatic carbocycles. The van der Waals surface area contributed by atoms with E-state index in [2.05, 4.69) is 6.07 Å². The minimum atomic E-state index is -0.547. The number of nitrogens with zero attached hydrogens (tertiary/aromatic N) is 1. The van der Waals surface area contributed by atoms with E-state index in [0.29, 0.717) is 39.4 Å². The molecule has 0 amide bonds. The summed E-state index contributed by atoms with van der Waals surface area (Å²) >= 11 is 0. The molecule has 2 aliphatic heterocycles. The molecule has 5 rings (SSSR count). The molecule has 2 heterocycles. The number of allylic oxidation sites excluding steroid dienone is 5. The number of nitriles is 1. The van der Waals surface area contributed by atoms with Crippen molar-refractivity contribution in [2.24, 2.45) is 0 Å². The molecule has 0 saturated carbocycles. The maximum atomic E-state index is 13.0. The Morgan fingerprint density at radius 1 is 0.935 bits per heavy atom. The van der Waals surface area contributed by atoms with E-state index >= 15 is 0 Å². The predicted molar refractivity (Wildman–Crippen MR) is 115 cm³/mol. The number of carbonyl (C=O) groups is 1. The molecule has 4 aliphatic rings. The lowest BCUT2D eigenvalue weighted by atomic mass is 9.87. The van der Waals surface area contributed by atoms with E-state index in [1.165, 1.54) is 0 Å². The Bertz CT molecular complexity index is 1450. The van der Waals surface area contributed by atoms with Crippen LogP contribution in [-0.2, 0) is 9.22 Å². The number of ketones is 1. The van der Waals surface area contributed by atoms with Gasteiger partial charge in [-0.25, -0.2) is 4.79 Å². The standard InChI is InChI=1S/C26H14NO4/c27-15-16-11-13-17(14-12-16)22(23-18-7-3-1-5-9-20(18)30-25(23)28)24-19-8-4-2-6-10-21(19)31-26(24)29/h1-14H/q+1. The van der Waals surface area contributed by atoms with Crippen molar-refractivity contribution in [3.63, 3.8) is 0 Å². The molecule has 0 atom stereocenters. The summed E-state index contributed by atoms with van der Waals surface area (Å²) in [6.07, 6.45) is 8.91. The van der Waals surface area contributed by atoms with Crippen molar-refractivity contribution in [2.75, 3.05) is 0 Å². The van der Waals surface area contributed by atoms with Crippen molar-refractivity contribution < 1.29 is 13.6 Å². The fraction of sp³-hybridized carbons (Fsp3) is 0. The minimum absolute atomic E-state index is 0.280. The molecule has 0 spiro atoms. The molecule has 31 heavy (non-hydrogen) atoms. The highest BCUT2D eigenvalue weighted by molar-refractivity contribution is 6.24. The van der Waals surface area contributed by atoms with Crippen molar-refractivity contribution >= 4 is 17.3 Å². The van der Waals surface area contributed by atoms with Gasteiger partial charge in [-0.05, 0) is 29.8 Å². The largest absolute Gasteiger partial charge is 0.615 e. The molecule has 5 nitrogen and oxygen atoms in total. The average molecular weight is 404 g/mol. The molecular weight excluding hydrogens is 390 g/mol. The highest BCUT2D eigenvalue weighted by atomic mass is 16.5. The lowest BCUT2D eigenvalue weighted by molar-refractivity contribution is -0.366. The number of carbonyl (C=O) groups excluding carboxylic acids is 2. The first-order chi connectivity index (χ1) is 15.2. The van der Waals surface area contributed by atoms with Crippen LogP contribution in [-0.4, -0.2) is 11.8 Å². The van der Waals surface area contributed by atoms with Crippen LogP contribution in [0.5, 0.6) is 0 Å². The number of hydrogen-bond acceptors (Lipinski definition) is 4. The van der Waals surface area contributed by atoms with E-state index in [9.17, 15) is 14.9 Å². The smallest absolute Gasteiger partial charge is 0.422 e. The van der Waals surface area contributed by atoms with Crippen LogP contribution in [0.1, 0.15) is 16.7 Å². The Kier molecular flexibility index (Phi) is 4.38. The predicted octanol–water partition coefficient (Wildman–Crippen LogP) is 4.12. The van der Waals surface area contributed by atoms with Gasteiger partial charge in [-0.3, -0.25) is 4.42 Å². The number of hydrogen-bond donors (Lipinski definition) is 0. The fourth-order valence-corrected chi connectivity index (χ4v) is 3.77. The highest BCUT2D eigenvalue weighted by Crippen LogP contribution is 2.38. The van der Waals surface area contributed by atoms with Gasteiger partial charge in [-0.1, -0.05) is 54.6 Å². The molecule has 1 aromatic carbocycles. The Morgan fingerprint density at radius 3 is 2.55 bits per heavy atom. The van der Waals surface area contributed by atoms with E-state index in [1.54, 1.807) is 60.7 Å². The van der Waals surface area contributed by atoms with Crippen LogP contribution in [0.15, 0.2) is 105 Å². The molecule has 0 aromatic heterocycles. The summed E-state index contributed by atoms with van der Waals surface area (Å²) in [6, 6.07) is 17.7. The highest BCUT2D eigenvalue weighted by Gasteiger charge is 2.42. The number of benzene rings is 1. The monoisotopic (exact) mass is 404 g/mol. The van der Waals surface area contributed by atoms with E-state index in [0.717, 1.165) is 0 Å². The molecule has 0 N–H and O–H groups in total. The number of fused-ring (bicyclic) bond motifs is 2. The van der Waals surface area contributed by atoms with Crippen molar-refractivity contribution in [3.8, 4) is 17.4 Å². The Hall–Kier alpha value is -4.56. The maximum absolute atomic E-state index is 13.0. The fourth-order valence-electron chi connectivity index (χ4n) is 3.77. The summed E-state index contributed by atoms with van der Waals surface area (Å²) in [5.41, 5.74) is 2.68. The van der Waals surface area contributed by atoms with Gasteiger partial charge in [-0.15, -0.1) is 0 Å². The zero-order valence-electron chi connectivity index (χ0n) is 16.2. The first-order valence-electron chi connectivity index (χ1n) is 9.59. The molecular formula is C26H14NO4+. The van der Waals surface area contributed by atoms with Crippen LogP contribution in [0.2, 0.25) is 0 Å². The lowest BCUT2D eigenvalue weighted by Gasteiger charge is -2.08. The van der Waals surface area contributed by atoms with Crippen LogP contribution in [0.3, 0.4) is 0 Å². The van der Waals surface area contributed by atoms with Gasteiger partial charge >= 0.3 is 11.6 Å². The third kappa shape index (κ3) is 3.07. The van der Waals surface area contributed by atoms with Crippen molar-refractivity contribution in [2.45, 2.75) is 0 Å². The first kappa shape index (κ1) is 18.5. The van der Waals surface area contributed by atoms with Crippen LogP contribution in [0, 0.1) is 11.3 Å². The van der Waals surface area contributed by atoms with Gasteiger partial charge in [-0.2, -0.15) is 5.26 Å². The van der Waals surface area contributed by atoms with Crippen molar-refractivity contribution in [1.29, 1.82) is 5.26 Å². The van der Waals surface area contributed by atoms with Gasteiger partial charge in [0.1, 0.15) is 5.76 Å². The van der Waals surface area contributed by atoms with Gasteiger partial charge < -0.3 is 4.42 Å². The molecule has 0 fully saturated rings. The normalized spacial score (nSPS) is 16.4. The van der Waals surface area contributed by atoms with Gasteiger partial charge in [0.15, 0.2) is 5.57 Å². The molecule has 0 unspecified atom stereocenters. The molecule has 5 heteroatoms. The summed E-state index contributed by atoms with van der Waals surface area (Å²) in [5, 5.41) is 9.17. The van der Waals surface area contributed by atoms with E-state index in [1.807, 2.05) is 24.3 Å². The first-order valence-corrected chi connectivity index (χ1v) is 9.59. The molecule has 0 radical (unpaired) electrons. The third-order valence-electron chi connectivity index (χ3n) is 5.15. The second-order valence-electron chi connectivity index (χ2n) is 6.97. The van der Waals surface area contributed by atoms with Crippen molar-refractivity contribution in [1.82, 2.24) is 0 Å². The van der Waals surface area contributed by atoms with Gasteiger partial charge in [0.2, 0.25) is 0 Å². The summed E-state index contributed by atoms with van der Waals surface area (Å²) in [7, 11) is 0. The summed E-state index contributed by atoms with van der Waals surface area (Å²) in [4.78, 5) is 26.0. The second kappa shape index (κ2) is 7.36. The van der Waals surface area contributed by atoms with E-state index in [-0.39, 0.29) is 11.1 Å². The lowest BCUT2D eigenvalue weighted by Crippen LogP contribution is -2.09. The minimum Gasteiger partial charge on any atom is -0.422 e. The van der Waals surface area contributed by atoms with Gasteiger partial charge in [0, 0.05) is 17.2 Å². The van der Waals surface area contributed by atoms with E-state index in [4.69, 9.17) is 8.84 Å². The van der Waals surface area contributed by atoms with Crippen molar-refractivity contribution in [3.05, 3.63) is 123 Å². The van der Waals surface area contributed by atoms with Crippen LogP contribution >= 0.6 is 0 Å². The Labute approximate surface area is 177 Å². The maximum Gasteiger partial charge on any atom is 0.615 e. The SMILES string of the molecule is N#Cc1ccc(/C(=C2\C(=O)[O+]=C3C=CC=CC=C32)c2c3cccccc-3oc2=O)cc1. The van der Waals surface area contributed by atoms with Crippen LogP contribution in [0.25, 0.3) is 16.9 Å². The number of rotatable bonds is 2. The van der Waals surface area contributed by atoms with Crippen LogP contribution < -0.4 is 5.63 Å². The molecule has 1 aromatic rings. The number of furan rings is 1. The van der Waals surface area contributed by atoms with Gasteiger partial charge in [0.05, 0.1) is 27.6 Å². The van der Waals surface area contributed by atoms with Crippen LogP contribution in [0.4, 0.5) is 0 Å². The zero-order valence-corrected chi connectivity index (χ0v) is 16.2. The van der Waals surface area contributed by atoms with E-state index < -0.39 is 11.6 Å². The zero-order chi connectivity index (χ0) is 21.4. The summed E-state index contributed by atoms with van der Waals surface area (Å²) in [5.74, 6) is 0.290. The topological polar surface area (TPSA) is 82.4 Å². The second-order valence-corrected chi connectivity index (χ2v) is 6.97. The summed E-state index contributed by atoms with van der Waals surface area (Å²) in [6.45, 7) is 0. The Balaban J connectivity index is 1.88. The Morgan fingerprint density at radius 2 is 1.74 bits per heavy atom. The average Bonchev–Trinajstić information content (AvgIpc) is 3.03. The summed E-state index contributed by atoms with van der Waals surface area (Å²) < 4.78 is 11.0. The molecule has 0 bridgehead atoms. The molecule has 146 valence electrons. The van der Waals surface area contributed by atoms with Gasteiger partial charge in [0.25, 0.3) is 5.78 Å².